The van der Waals surface area contributed by atoms with Crippen LogP contribution in [0.4, 0.5) is 5.82 Å². The van der Waals surface area contributed by atoms with Crippen molar-refractivity contribution in [2.45, 2.75) is 12.0 Å². The summed E-state index contributed by atoms with van der Waals surface area (Å²) in [6, 6.07) is 14.1. The van der Waals surface area contributed by atoms with Crippen molar-refractivity contribution in [3.63, 3.8) is 0 Å². The first-order valence-corrected chi connectivity index (χ1v) is 5.73. The van der Waals surface area contributed by atoms with Crippen LogP contribution in [0.3, 0.4) is 0 Å². The second-order valence-corrected chi connectivity index (χ2v) is 3.83. The van der Waals surface area contributed by atoms with Gasteiger partial charge in [-0.15, -0.1) is 0 Å². The van der Waals surface area contributed by atoms with Crippen molar-refractivity contribution < 1.29 is 0 Å². The molecule has 2 aromatic heterocycles. The molecule has 0 aliphatic rings. The quantitative estimate of drug-likeness (QED) is 0.896. The Labute approximate surface area is 111 Å². The van der Waals surface area contributed by atoms with E-state index >= 15 is 0 Å². The number of pyridine rings is 2. The van der Waals surface area contributed by atoms with E-state index < -0.39 is 12.0 Å². The van der Waals surface area contributed by atoms with Crippen molar-refractivity contribution in [2.75, 3.05) is 5.32 Å². The molecule has 0 aromatic carbocycles. The highest BCUT2D eigenvalue weighted by molar-refractivity contribution is 5.40. The third-order valence-electron chi connectivity index (χ3n) is 2.59. The summed E-state index contributed by atoms with van der Waals surface area (Å²) in [6.07, 6.45) is 3.23. The number of hydrogen-bond acceptors (Lipinski definition) is 5. The summed E-state index contributed by atoms with van der Waals surface area (Å²) >= 11 is 0. The highest BCUT2D eigenvalue weighted by Gasteiger charge is 2.24. The number of anilines is 1. The zero-order valence-electron chi connectivity index (χ0n) is 10.1. The average molecular weight is 249 g/mol. The molecule has 0 spiro atoms. The van der Waals surface area contributed by atoms with Crippen molar-refractivity contribution in [3.05, 3.63) is 54.5 Å². The van der Waals surface area contributed by atoms with Gasteiger partial charge < -0.3 is 5.32 Å². The molecular weight excluding hydrogens is 238 g/mol. The van der Waals surface area contributed by atoms with E-state index in [-0.39, 0.29) is 0 Å². The molecule has 0 fully saturated rings. The van der Waals surface area contributed by atoms with Gasteiger partial charge in [0.1, 0.15) is 17.8 Å². The standard InChI is InChI=1S/C14H11N5/c15-9-11(12-5-1-3-7-17-12)13(10-16)19-14-6-2-4-8-18-14/h1-8,11,13H,(H,18,19). The van der Waals surface area contributed by atoms with Gasteiger partial charge in [-0.25, -0.2) is 4.98 Å². The molecule has 92 valence electrons. The van der Waals surface area contributed by atoms with Crippen LogP contribution in [-0.4, -0.2) is 16.0 Å². The van der Waals surface area contributed by atoms with E-state index in [1.54, 1.807) is 42.7 Å². The van der Waals surface area contributed by atoms with Crippen LogP contribution in [0.25, 0.3) is 0 Å². The van der Waals surface area contributed by atoms with E-state index in [4.69, 9.17) is 0 Å². The molecule has 1 N–H and O–H groups in total. The van der Waals surface area contributed by atoms with Gasteiger partial charge >= 0.3 is 0 Å². The van der Waals surface area contributed by atoms with E-state index in [1.807, 2.05) is 6.07 Å². The van der Waals surface area contributed by atoms with E-state index in [1.165, 1.54) is 0 Å². The molecule has 2 aromatic rings. The fourth-order valence-corrected chi connectivity index (χ4v) is 1.67. The molecule has 5 nitrogen and oxygen atoms in total. The Hall–Kier alpha value is -2.92. The second-order valence-electron chi connectivity index (χ2n) is 3.83. The zero-order valence-corrected chi connectivity index (χ0v) is 10.1. The molecule has 0 radical (unpaired) electrons. The summed E-state index contributed by atoms with van der Waals surface area (Å²) in [5.41, 5.74) is 0.569. The first kappa shape index (κ1) is 12.5. The number of hydrogen-bond donors (Lipinski definition) is 1. The summed E-state index contributed by atoms with van der Waals surface area (Å²) in [5.74, 6) is -0.0848. The first-order chi connectivity index (χ1) is 9.35. The van der Waals surface area contributed by atoms with E-state index in [9.17, 15) is 10.5 Å². The molecule has 0 saturated heterocycles. The third-order valence-corrected chi connectivity index (χ3v) is 2.59. The van der Waals surface area contributed by atoms with Gasteiger partial charge in [-0.1, -0.05) is 12.1 Å². The van der Waals surface area contributed by atoms with E-state index in [0.29, 0.717) is 11.5 Å². The molecular formula is C14H11N5. The molecule has 2 rings (SSSR count). The van der Waals surface area contributed by atoms with Crippen molar-refractivity contribution in [3.8, 4) is 12.1 Å². The van der Waals surface area contributed by atoms with Crippen LogP contribution < -0.4 is 5.32 Å². The van der Waals surface area contributed by atoms with Gasteiger partial charge in [0.25, 0.3) is 0 Å². The number of rotatable bonds is 4. The van der Waals surface area contributed by atoms with E-state index in [2.05, 4.69) is 27.4 Å². The first-order valence-electron chi connectivity index (χ1n) is 5.73. The lowest BCUT2D eigenvalue weighted by atomic mass is 9.98. The van der Waals surface area contributed by atoms with Gasteiger partial charge in [0.2, 0.25) is 0 Å². The molecule has 0 aliphatic carbocycles. The maximum Gasteiger partial charge on any atom is 0.137 e. The van der Waals surface area contributed by atoms with Gasteiger partial charge in [-0.05, 0) is 24.3 Å². The Morgan fingerprint density at radius 3 is 2.21 bits per heavy atom. The Kier molecular flexibility index (Phi) is 4.05. The minimum atomic E-state index is -0.699. The number of nitrogens with one attached hydrogen (secondary N) is 1. The highest BCUT2D eigenvalue weighted by Crippen LogP contribution is 2.19. The summed E-state index contributed by atoms with van der Waals surface area (Å²) in [6.45, 7) is 0. The monoisotopic (exact) mass is 249 g/mol. The molecule has 2 atom stereocenters. The number of aromatic nitrogens is 2. The van der Waals surface area contributed by atoms with Gasteiger partial charge in [0.05, 0.1) is 17.8 Å². The minimum absolute atomic E-state index is 0.560. The molecule has 19 heavy (non-hydrogen) atoms. The molecule has 0 amide bonds. The molecule has 0 aliphatic heterocycles. The van der Waals surface area contributed by atoms with Gasteiger partial charge in [-0.3, -0.25) is 4.98 Å². The smallest absolute Gasteiger partial charge is 0.137 e. The summed E-state index contributed by atoms with van der Waals surface area (Å²) in [5, 5.41) is 21.4. The number of nitriles is 2. The predicted octanol–water partition coefficient (Wildman–Crippen LogP) is 2.09. The normalized spacial score (nSPS) is 12.7. The highest BCUT2D eigenvalue weighted by atomic mass is 15.0. The van der Waals surface area contributed by atoms with Crippen LogP contribution in [0, 0.1) is 22.7 Å². The van der Waals surface area contributed by atoms with E-state index in [0.717, 1.165) is 0 Å². The van der Waals surface area contributed by atoms with Crippen molar-refractivity contribution >= 4 is 5.82 Å². The van der Waals surface area contributed by atoms with Gasteiger partial charge in [-0.2, -0.15) is 10.5 Å². The SMILES string of the molecule is N#CC(Nc1ccccn1)C(C#N)c1ccccn1. The Morgan fingerprint density at radius 2 is 1.68 bits per heavy atom. The Bertz CT molecular complexity index is 597. The van der Waals surface area contributed by atoms with Crippen LogP contribution >= 0.6 is 0 Å². The second kappa shape index (κ2) is 6.13. The van der Waals surface area contributed by atoms with Gasteiger partial charge in [0.15, 0.2) is 0 Å². The fraction of sp³-hybridized carbons (Fsp3) is 0.143. The van der Waals surface area contributed by atoms with Gasteiger partial charge in [0, 0.05) is 12.4 Å². The Morgan fingerprint density at radius 1 is 0.947 bits per heavy atom. The molecule has 2 heterocycles. The summed E-state index contributed by atoms with van der Waals surface area (Å²) < 4.78 is 0. The maximum absolute atomic E-state index is 9.26. The lowest BCUT2D eigenvalue weighted by molar-refractivity contribution is 0.757. The van der Waals surface area contributed by atoms with Crippen molar-refractivity contribution in [1.29, 1.82) is 10.5 Å². The summed E-state index contributed by atoms with van der Waals surface area (Å²) in [7, 11) is 0. The minimum Gasteiger partial charge on any atom is -0.353 e. The van der Waals surface area contributed by atoms with Crippen LogP contribution in [0.15, 0.2) is 48.8 Å². The topological polar surface area (TPSA) is 85.4 Å². The molecule has 2 unspecified atom stereocenters. The lowest BCUT2D eigenvalue weighted by Gasteiger charge is -2.16. The number of nitrogens with zero attached hydrogens (tertiary/aromatic N) is 4. The predicted molar refractivity (Wildman–Crippen MR) is 69.9 cm³/mol. The van der Waals surface area contributed by atoms with Crippen LogP contribution in [0.1, 0.15) is 11.6 Å². The maximum atomic E-state index is 9.26. The van der Waals surface area contributed by atoms with Crippen molar-refractivity contribution in [1.82, 2.24) is 9.97 Å². The molecule has 5 heteroatoms. The fourth-order valence-electron chi connectivity index (χ4n) is 1.67. The van der Waals surface area contributed by atoms with Crippen LogP contribution in [-0.2, 0) is 0 Å². The van der Waals surface area contributed by atoms with Crippen LogP contribution in [0.5, 0.6) is 0 Å². The lowest BCUT2D eigenvalue weighted by Crippen LogP contribution is -2.26. The third kappa shape index (κ3) is 3.05. The van der Waals surface area contributed by atoms with Crippen molar-refractivity contribution in [2.24, 2.45) is 0 Å². The average Bonchev–Trinajstić information content (AvgIpc) is 2.49. The zero-order chi connectivity index (χ0) is 13.5. The van der Waals surface area contributed by atoms with Crippen LogP contribution in [0.2, 0.25) is 0 Å². The summed E-state index contributed by atoms with van der Waals surface area (Å²) in [4.78, 5) is 8.21. The Balaban J connectivity index is 2.22. The molecule has 0 bridgehead atoms. The largest absolute Gasteiger partial charge is 0.353 e. The molecule has 0 saturated carbocycles.